The summed E-state index contributed by atoms with van der Waals surface area (Å²) in [5, 5.41) is 9.76. The molecule has 1 saturated heterocycles. The van der Waals surface area contributed by atoms with Gasteiger partial charge in [0, 0.05) is 6.42 Å². The molecule has 1 N–H and O–H groups in total. The molecule has 1 fully saturated rings. The van der Waals surface area contributed by atoms with Gasteiger partial charge in [-0.2, -0.15) is 0 Å². The average molecular weight is 194 g/mol. The Kier molecular flexibility index (Phi) is 2.36. The Morgan fingerprint density at radius 3 is 2.43 bits per heavy atom. The summed E-state index contributed by atoms with van der Waals surface area (Å²) >= 11 is 0. The first-order valence-electron chi connectivity index (χ1n) is 4.87. The zero-order valence-corrected chi connectivity index (χ0v) is 8.03. The molecule has 1 unspecified atom stereocenters. The van der Waals surface area contributed by atoms with E-state index in [2.05, 4.69) is 5.92 Å². The number of aliphatic hydroxyl groups is 1. The number of hydrogen-bond donors (Lipinski definition) is 1. The topological polar surface area (TPSA) is 38.7 Å². The minimum Gasteiger partial charge on any atom is -0.374 e. The van der Waals surface area contributed by atoms with Gasteiger partial charge in [-0.1, -0.05) is 5.92 Å². The fourth-order valence-corrected chi connectivity index (χ4v) is 1.75. The largest absolute Gasteiger partial charge is 0.374 e. The van der Waals surface area contributed by atoms with Crippen molar-refractivity contribution in [1.82, 2.24) is 0 Å². The molecule has 1 spiro atoms. The quantitative estimate of drug-likeness (QED) is 0.458. The molecule has 3 heteroatoms. The van der Waals surface area contributed by atoms with Gasteiger partial charge in [-0.3, -0.25) is 0 Å². The summed E-state index contributed by atoms with van der Waals surface area (Å²) in [6, 6.07) is 0. The van der Waals surface area contributed by atoms with Crippen LogP contribution in [-0.4, -0.2) is 29.7 Å². The highest BCUT2D eigenvalue weighted by Gasteiger charge is 2.39. The fourth-order valence-electron chi connectivity index (χ4n) is 1.75. The molecule has 0 saturated carbocycles. The zero-order chi connectivity index (χ0) is 10.1. The number of hydrogen-bond acceptors (Lipinski definition) is 3. The maximum atomic E-state index is 9.76. The van der Waals surface area contributed by atoms with E-state index in [0.717, 1.165) is 6.42 Å². The van der Waals surface area contributed by atoms with Gasteiger partial charge in [0.1, 0.15) is 5.60 Å². The van der Waals surface area contributed by atoms with E-state index in [0.29, 0.717) is 26.1 Å². The normalized spacial score (nSPS) is 35.4. The molecule has 2 aliphatic rings. The zero-order valence-electron chi connectivity index (χ0n) is 8.03. The molecule has 0 amide bonds. The Bertz CT molecular complexity index is 283. The van der Waals surface area contributed by atoms with E-state index in [1.807, 2.05) is 0 Å². The maximum Gasteiger partial charge on any atom is 0.188 e. The standard InChI is InChI=1S/C11H14O3/c1-2-10(12)4-6-11(7-5-10)13-8-3-9-14-11/h1,4,6,12H,3,5,7-9H2. The van der Waals surface area contributed by atoms with Crippen LogP contribution in [0.4, 0.5) is 0 Å². The van der Waals surface area contributed by atoms with Crippen LogP contribution in [0.15, 0.2) is 12.2 Å². The second kappa shape index (κ2) is 3.39. The third kappa shape index (κ3) is 1.69. The Morgan fingerprint density at radius 2 is 1.93 bits per heavy atom. The van der Waals surface area contributed by atoms with E-state index in [4.69, 9.17) is 15.9 Å². The van der Waals surface area contributed by atoms with Gasteiger partial charge in [0.15, 0.2) is 5.79 Å². The SMILES string of the molecule is C#CC1(O)C=CC2(CC1)OCCCO2. The highest BCUT2D eigenvalue weighted by molar-refractivity contribution is 5.24. The summed E-state index contributed by atoms with van der Waals surface area (Å²) in [6.45, 7) is 1.41. The molecule has 1 aliphatic heterocycles. The molecule has 0 aromatic rings. The van der Waals surface area contributed by atoms with Gasteiger partial charge < -0.3 is 14.6 Å². The summed E-state index contributed by atoms with van der Waals surface area (Å²) in [5.74, 6) is 1.74. The Hall–Kier alpha value is -0.820. The van der Waals surface area contributed by atoms with Crippen molar-refractivity contribution in [2.75, 3.05) is 13.2 Å². The van der Waals surface area contributed by atoms with Crippen LogP contribution in [0.1, 0.15) is 19.3 Å². The third-order valence-corrected chi connectivity index (χ3v) is 2.70. The van der Waals surface area contributed by atoms with Gasteiger partial charge in [0.25, 0.3) is 0 Å². The Balaban J connectivity index is 2.13. The van der Waals surface area contributed by atoms with Crippen LogP contribution in [0.5, 0.6) is 0 Å². The molecule has 1 heterocycles. The van der Waals surface area contributed by atoms with Gasteiger partial charge in [0.2, 0.25) is 0 Å². The Morgan fingerprint density at radius 1 is 1.21 bits per heavy atom. The van der Waals surface area contributed by atoms with Crippen molar-refractivity contribution in [3.05, 3.63) is 12.2 Å². The predicted octanol–water partition coefficient (Wildman–Crippen LogP) is 0.834. The molecule has 1 aliphatic carbocycles. The van der Waals surface area contributed by atoms with Crippen molar-refractivity contribution in [3.8, 4) is 12.3 Å². The van der Waals surface area contributed by atoms with Gasteiger partial charge in [-0.05, 0) is 25.0 Å². The van der Waals surface area contributed by atoms with E-state index in [1.165, 1.54) is 0 Å². The summed E-state index contributed by atoms with van der Waals surface area (Å²) in [5.41, 5.74) is -1.12. The van der Waals surface area contributed by atoms with Crippen molar-refractivity contribution in [3.63, 3.8) is 0 Å². The van der Waals surface area contributed by atoms with Crippen LogP contribution >= 0.6 is 0 Å². The number of terminal acetylenes is 1. The van der Waals surface area contributed by atoms with Crippen LogP contribution in [0, 0.1) is 12.3 Å². The monoisotopic (exact) mass is 194 g/mol. The van der Waals surface area contributed by atoms with Crippen LogP contribution in [0.25, 0.3) is 0 Å². The second-order valence-corrected chi connectivity index (χ2v) is 3.76. The fraction of sp³-hybridized carbons (Fsp3) is 0.636. The first kappa shape index (κ1) is 9.72. The molecule has 0 aromatic heterocycles. The summed E-state index contributed by atoms with van der Waals surface area (Å²) in [7, 11) is 0. The van der Waals surface area contributed by atoms with Crippen LogP contribution in [0.2, 0.25) is 0 Å². The summed E-state index contributed by atoms with van der Waals surface area (Å²) in [4.78, 5) is 0. The van der Waals surface area contributed by atoms with Crippen molar-refractivity contribution in [2.45, 2.75) is 30.7 Å². The van der Waals surface area contributed by atoms with Gasteiger partial charge in [0.05, 0.1) is 13.2 Å². The van der Waals surface area contributed by atoms with Crippen molar-refractivity contribution in [1.29, 1.82) is 0 Å². The first-order valence-corrected chi connectivity index (χ1v) is 4.87. The minimum absolute atomic E-state index is 0.486. The molecule has 0 bridgehead atoms. The van der Waals surface area contributed by atoms with E-state index >= 15 is 0 Å². The molecule has 0 radical (unpaired) electrons. The van der Waals surface area contributed by atoms with Crippen LogP contribution in [-0.2, 0) is 9.47 Å². The lowest BCUT2D eigenvalue weighted by atomic mass is 9.88. The molecular formula is C11H14O3. The second-order valence-electron chi connectivity index (χ2n) is 3.76. The molecule has 0 aromatic carbocycles. The smallest absolute Gasteiger partial charge is 0.188 e. The van der Waals surface area contributed by atoms with Crippen molar-refractivity contribution in [2.24, 2.45) is 0 Å². The lowest BCUT2D eigenvalue weighted by molar-refractivity contribution is -0.245. The minimum atomic E-state index is -1.12. The number of ether oxygens (including phenoxy) is 2. The first-order chi connectivity index (χ1) is 6.68. The molecular weight excluding hydrogens is 180 g/mol. The highest BCUT2D eigenvalue weighted by atomic mass is 16.7. The lowest BCUT2D eigenvalue weighted by Crippen LogP contribution is -2.44. The summed E-state index contributed by atoms with van der Waals surface area (Å²) in [6.07, 6.45) is 10.6. The highest BCUT2D eigenvalue weighted by Crippen LogP contribution is 2.34. The number of rotatable bonds is 0. The Labute approximate surface area is 83.7 Å². The molecule has 2 rings (SSSR count). The maximum absolute atomic E-state index is 9.76. The van der Waals surface area contributed by atoms with Gasteiger partial charge in [-0.15, -0.1) is 6.42 Å². The van der Waals surface area contributed by atoms with Crippen LogP contribution < -0.4 is 0 Å². The van der Waals surface area contributed by atoms with Crippen molar-refractivity contribution >= 4 is 0 Å². The molecule has 14 heavy (non-hydrogen) atoms. The predicted molar refractivity (Wildman–Crippen MR) is 51.4 cm³/mol. The molecule has 3 nitrogen and oxygen atoms in total. The van der Waals surface area contributed by atoms with Gasteiger partial charge >= 0.3 is 0 Å². The van der Waals surface area contributed by atoms with Crippen molar-refractivity contribution < 1.29 is 14.6 Å². The van der Waals surface area contributed by atoms with E-state index < -0.39 is 11.4 Å². The molecule has 76 valence electrons. The third-order valence-electron chi connectivity index (χ3n) is 2.70. The van der Waals surface area contributed by atoms with E-state index in [-0.39, 0.29) is 0 Å². The van der Waals surface area contributed by atoms with Gasteiger partial charge in [-0.25, -0.2) is 0 Å². The van der Waals surface area contributed by atoms with Crippen LogP contribution in [0.3, 0.4) is 0 Å². The molecule has 1 atom stereocenters. The average Bonchev–Trinajstić information content (AvgIpc) is 2.25. The van der Waals surface area contributed by atoms with E-state index in [1.54, 1.807) is 12.2 Å². The summed E-state index contributed by atoms with van der Waals surface area (Å²) < 4.78 is 11.1. The van der Waals surface area contributed by atoms with E-state index in [9.17, 15) is 5.11 Å². The lowest BCUT2D eigenvalue weighted by Gasteiger charge is -2.39.